The number of aromatic nitrogens is 1. The number of pyridine rings is 1. The zero-order chi connectivity index (χ0) is 13.7. The lowest BCUT2D eigenvalue weighted by molar-refractivity contribution is -0.120. The minimum atomic E-state index is -0.0727. The molecule has 1 aromatic heterocycles. The van der Waals surface area contributed by atoms with Crippen LogP contribution in [0, 0.1) is 0 Å². The summed E-state index contributed by atoms with van der Waals surface area (Å²) in [6, 6.07) is 3.50. The lowest BCUT2D eigenvalue weighted by Crippen LogP contribution is -2.39. The Labute approximate surface area is 107 Å². The van der Waals surface area contributed by atoms with E-state index in [-0.39, 0.29) is 18.5 Å². The van der Waals surface area contributed by atoms with Gasteiger partial charge in [-0.1, -0.05) is 0 Å². The first-order valence-corrected chi connectivity index (χ1v) is 5.75. The predicted octanol–water partition coefficient (Wildman–Crippen LogP) is 0.633. The molecule has 3 N–H and O–H groups in total. The highest BCUT2D eigenvalue weighted by Crippen LogP contribution is 2.22. The van der Waals surface area contributed by atoms with E-state index in [2.05, 4.69) is 10.3 Å². The molecular weight excluding hydrogens is 232 g/mol. The van der Waals surface area contributed by atoms with Gasteiger partial charge in [0, 0.05) is 19.2 Å². The lowest BCUT2D eigenvalue weighted by atomic mass is 10.3. The summed E-state index contributed by atoms with van der Waals surface area (Å²) in [6.07, 6.45) is 0. The largest absolute Gasteiger partial charge is 0.481 e. The van der Waals surface area contributed by atoms with Gasteiger partial charge in [-0.25, -0.2) is 0 Å². The third-order valence-corrected chi connectivity index (χ3v) is 2.28. The van der Waals surface area contributed by atoms with Gasteiger partial charge in [0.25, 0.3) is 0 Å². The molecule has 1 amide bonds. The summed E-state index contributed by atoms with van der Waals surface area (Å²) in [6.45, 7) is 4.02. The second-order valence-corrected chi connectivity index (χ2v) is 4.34. The van der Waals surface area contributed by atoms with Gasteiger partial charge in [0.2, 0.25) is 11.8 Å². The minimum absolute atomic E-state index is 0.0727. The molecule has 0 atom stereocenters. The number of nitrogens with zero attached hydrogens (tertiary/aromatic N) is 2. The summed E-state index contributed by atoms with van der Waals surface area (Å²) >= 11 is 0. The molecule has 0 radical (unpaired) electrons. The highest BCUT2D eigenvalue weighted by Gasteiger charge is 2.13. The van der Waals surface area contributed by atoms with Crippen LogP contribution in [0.3, 0.4) is 0 Å². The summed E-state index contributed by atoms with van der Waals surface area (Å²) in [7, 11) is 3.30. The molecule has 0 aliphatic carbocycles. The highest BCUT2D eigenvalue weighted by atomic mass is 16.5. The van der Waals surface area contributed by atoms with E-state index in [0.717, 1.165) is 0 Å². The Bertz CT molecular complexity index is 421. The molecule has 1 aromatic rings. The molecule has 0 unspecified atom stereocenters. The number of methoxy groups -OCH3 is 1. The second-order valence-electron chi connectivity index (χ2n) is 4.34. The number of rotatable bonds is 5. The van der Waals surface area contributed by atoms with Crippen LogP contribution in [-0.2, 0) is 4.79 Å². The molecule has 6 nitrogen and oxygen atoms in total. The first kappa shape index (κ1) is 14.1. The van der Waals surface area contributed by atoms with Crippen LogP contribution in [0.5, 0.6) is 5.88 Å². The van der Waals surface area contributed by atoms with Crippen LogP contribution in [0.25, 0.3) is 0 Å². The van der Waals surface area contributed by atoms with Gasteiger partial charge in [-0.3, -0.25) is 4.79 Å². The number of carbonyl (C=O) groups is 1. The smallest absolute Gasteiger partial charge is 0.239 e. The van der Waals surface area contributed by atoms with Crippen LogP contribution in [0.15, 0.2) is 12.1 Å². The molecule has 0 spiro atoms. The zero-order valence-electron chi connectivity index (χ0n) is 11.2. The normalized spacial score (nSPS) is 10.3. The molecule has 6 heteroatoms. The monoisotopic (exact) mass is 252 g/mol. The molecule has 0 aliphatic heterocycles. The van der Waals surface area contributed by atoms with Crippen LogP contribution in [-0.4, -0.2) is 37.6 Å². The number of carbonyl (C=O) groups excluding carboxylic acids is 1. The molecular formula is C12H20N4O2. The second kappa shape index (κ2) is 6.09. The third kappa shape index (κ3) is 3.80. The molecule has 100 valence electrons. The topological polar surface area (TPSA) is 80.5 Å². The maximum atomic E-state index is 11.7. The first-order valence-electron chi connectivity index (χ1n) is 5.75. The van der Waals surface area contributed by atoms with Crippen LogP contribution in [0.1, 0.15) is 13.8 Å². The number of hydrogen-bond donors (Lipinski definition) is 2. The number of amides is 1. The van der Waals surface area contributed by atoms with E-state index in [4.69, 9.17) is 10.5 Å². The summed E-state index contributed by atoms with van der Waals surface area (Å²) in [5.74, 6) is 0.931. The van der Waals surface area contributed by atoms with Crippen LogP contribution in [0.2, 0.25) is 0 Å². The van der Waals surface area contributed by atoms with Gasteiger partial charge < -0.3 is 20.7 Å². The lowest BCUT2D eigenvalue weighted by Gasteiger charge is -2.20. The fourth-order valence-electron chi connectivity index (χ4n) is 1.52. The number of ether oxygens (including phenoxy) is 1. The minimum Gasteiger partial charge on any atom is -0.481 e. The molecule has 1 heterocycles. The van der Waals surface area contributed by atoms with E-state index in [1.54, 1.807) is 24.1 Å². The average molecular weight is 252 g/mol. The van der Waals surface area contributed by atoms with Gasteiger partial charge >= 0.3 is 0 Å². The van der Waals surface area contributed by atoms with Crippen LogP contribution >= 0.6 is 0 Å². The molecule has 0 bridgehead atoms. The Morgan fingerprint density at radius 3 is 2.78 bits per heavy atom. The average Bonchev–Trinajstić information content (AvgIpc) is 2.28. The van der Waals surface area contributed by atoms with Crippen molar-refractivity contribution in [3.8, 4) is 5.88 Å². The van der Waals surface area contributed by atoms with Crippen molar-refractivity contribution in [2.45, 2.75) is 19.9 Å². The summed E-state index contributed by atoms with van der Waals surface area (Å²) in [4.78, 5) is 17.6. The summed E-state index contributed by atoms with van der Waals surface area (Å²) in [5.41, 5.74) is 6.34. The number of anilines is 2. The van der Waals surface area contributed by atoms with Crippen molar-refractivity contribution in [1.29, 1.82) is 0 Å². The Morgan fingerprint density at radius 2 is 2.22 bits per heavy atom. The number of nitrogens with two attached hydrogens (primary N) is 1. The van der Waals surface area contributed by atoms with Gasteiger partial charge in [-0.05, 0) is 19.9 Å². The highest BCUT2D eigenvalue weighted by molar-refractivity contribution is 5.82. The molecule has 18 heavy (non-hydrogen) atoms. The van der Waals surface area contributed by atoms with Crippen molar-refractivity contribution < 1.29 is 9.53 Å². The van der Waals surface area contributed by atoms with E-state index in [1.807, 2.05) is 13.8 Å². The molecule has 0 saturated carbocycles. The molecule has 0 saturated heterocycles. The standard InChI is InChI=1S/C12H20N4O2/c1-8(2)14-10(17)7-16(3)12-9(13)5-6-11(15-12)18-4/h5-6,8H,7,13H2,1-4H3,(H,14,17). The van der Waals surface area contributed by atoms with E-state index in [9.17, 15) is 4.79 Å². The Kier molecular flexibility index (Phi) is 4.76. The predicted molar refractivity (Wildman–Crippen MR) is 71.8 cm³/mol. The molecule has 0 fully saturated rings. The number of hydrogen-bond acceptors (Lipinski definition) is 5. The van der Waals surface area contributed by atoms with Crippen molar-refractivity contribution in [3.63, 3.8) is 0 Å². The zero-order valence-corrected chi connectivity index (χ0v) is 11.2. The Hall–Kier alpha value is -1.98. The van der Waals surface area contributed by atoms with E-state index in [1.165, 1.54) is 7.11 Å². The molecule has 0 aliphatic rings. The number of likely N-dealkylation sites (N-methyl/N-ethyl adjacent to an activating group) is 1. The maximum absolute atomic E-state index is 11.7. The van der Waals surface area contributed by atoms with Crippen molar-refractivity contribution in [2.75, 3.05) is 31.3 Å². The van der Waals surface area contributed by atoms with Gasteiger partial charge in [0.05, 0.1) is 19.3 Å². The van der Waals surface area contributed by atoms with Gasteiger partial charge in [-0.2, -0.15) is 4.98 Å². The van der Waals surface area contributed by atoms with Crippen LogP contribution < -0.4 is 20.7 Å². The van der Waals surface area contributed by atoms with Crippen molar-refractivity contribution in [2.24, 2.45) is 0 Å². The van der Waals surface area contributed by atoms with Crippen LogP contribution in [0.4, 0.5) is 11.5 Å². The van der Waals surface area contributed by atoms with Crippen molar-refractivity contribution >= 4 is 17.4 Å². The number of nitrogen functional groups attached to an aromatic ring is 1. The van der Waals surface area contributed by atoms with Gasteiger partial charge in [0.1, 0.15) is 0 Å². The van der Waals surface area contributed by atoms with E-state index < -0.39 is 0 Å². The van der Waals surface area contributed by atoms with Gasteiger partial charge in [-0.15, -0.1) is 0 Å². The van der Waals surface area contributed by atoms with Crippen molar-refractivity contribution in [3.05, 3.63) is 12.1 Å². The first-order chi connectivity index (χ1) is 8.43. The summed E-state index contributed by atoms with van der Waals surface area (Å²) < 4.78 is 5.04. The van der Waals surface area contributed by atoms with Gasteiger partial charge in [0.15, 0.2) is 5.82 Å². The van der Waals surface area contributed by atoms with Crippen molar-refractivity contribution in [1.82, 2.24) is 10.3 Å². The Morgan fingerprint density at radius 1 is 1.56 bits per heavy atom. The fourth-order valence-corrected chi connectivity index (χ4v) is 1.52. The van der Waals surface area contributed by atoms with E-state index >= 15 is 0 Å². The SMILES string of the molecule is COc1ccc(N)c(N(C)CC(=O)NC(C)C)n1. The summed E-state index contributed by atoms with van der Waals surface area (Å²) in [5, 5.41) is 2.81. The quantitative estimate of drug-likeness (QED) is 0.803. The Balaban J connectivity index is 2.77. The van der Waals surface area contributed by atoms with E-state index in [0.29, 0.717) is 17.4 Å². The number of nitrogens with one attached hydrogen (secondary N) is 1. The molecule has 0 aromatic carbocycles. The maximum Gasteiger partial charge on any atom is 0.239 e. The molecule has 1 rings (SSSR count). The third-order valence-electron chi connectivity index (χ3n) is 2.28. The fraction of sp³-hybridized carbons (Fsp3) is 0.500.